The van der Waals surface area contributed by atoms with E-state index in [1.54, 1.807) is 11.0 Å². The number of nitrogens with two attached hydrogens (primary N) is 1. The van der Waals surface area contributed by atoms with E-state index in [1.807, 2.05) is 6.92 Å². The van der Waals surface area contributed by atoms with Crippen LogP contribution in [0.5, 0.6) is 0 Å². The molecule has 1 unspecified atom stereocenters. The minimum absolute atomic E-state index is 0. The van der Waals surface area contributed by atoms with Crippen molar-refractivity contribution in [3.05, 3.63) is 35.1 Å². The van der Waals surface area contributed by atoms with E-state index in [0.717, 1.165) is 18.4 Å². The highest BCUT2D eigenvalue weighted by molar-refractivity contribution is 5.95. The molecule has 2 rings (SSSR count). The number of likely N-dealkylation sites (tertiary alicyclic amines) is 1. The minimum atomic E-state index is -0.375. The monoisotopic (exact) mass is 272 g/mol. The SMILES string of the molecule is Cc1ccc(F)cc1C(=O)N1CCCC(N)C1.Cl. The Balaban J connectivity index is 0.00000162. The van der Waals surface area contributed by atoms with Crippen molar-refractivity contribution in [2.45, 2.75) is 25.8 Å². The Morgan fingerprint density at radius 3 is 2.89 bits per heavy atom. The van der Waals surface area contributed by atoms with Crippen molar-refractivity contribution in [2.75, 3.05) is 13.1 Å². The predicted molar refractivity (Wildman–Crippen MR) is 71.5 cm³/mol. The molecule has 1 amide bonds. The van der Waals surface area contributed by atoms with Crippen LogP contribution in [0.4, 0.5) is 4.39 Å². The van der Waals surface area contributed by atoms with Crippen molar-refractivity contribution >= 4 is 18.3 Å². The number of hydrogen-bond acceptors (Lipinski definition) is 2. The van der Waals surface area contributed by atoms with Crippen molar-refractivity contribution in [2.24, 2.45) is 5.73 Å². The molecule has 1 aliphatic heterocycles. The molecule has 0 bridgehead atoms. The lowest BCUT2D eigenvalue weighted by atomic mass is 10.0. The summed E-state index contributed by atoms with van der Waals surface area (Å²) in [6.07, 6.45) is 1.87. The second kappa shape index (κ2) is 6.16. The van der Waals surface area contributed by atoms with Crippen molar-refractivity contribution < 1.29 is 9.18 Å². The van der Waals surface area contributed by atoms with Crippen LogP contribution in [0.2, 0.25) is 0 Å². The maximum Gasteiger partial charge on any atom is 0.254 e. The highest BCUT2D eigenvalue weighted by Gasteiger charge is 2.23. The molecule has 1 heterocycles. The zero-order valence-electron chi connectivity index (χ0n) is 10.4. The van der Waals surface area contributed by atoms with Crippen molar-refractivity contribution in [1.29, 1.82) is 0 Å². The lowest BCUT2D eigenvalue weighted by Gasteiger charge is -2.31. The number of carbonyl (C=O) groups is 1. The summed E-state index contributed by atoms with van der Waals surface area (Å²) in [4.78, 5) is 13.9. The number of benzene rings is 1. The van der Waals surface area contributed by atoms with E-state index in [-0.39, 0.29) is 30.2 Å². The zero-order chi connectivity index (χ0) is 12.4. The fraction of sp³-hybridized carbons (Fsp3) is 0.462. The van der Waals surface area contributed by atoms with E-state index in [2.05, 4.69) is 0 Å². The quantitative estimate of drug-likeness (QED) is 0.851. The number of amides is 1. The maximum atomic E-state index is 13.2. The molecule has 1 atom stereocenters. The number of piperidine rings is 1. The van der Waals surface area contributed by atoms with Gasteiger partial charge in [-0.15, -0.1) is 12.4 Å². The molecule has 1 saturated heterocycles. The summed E-state index contributed by atoms with van der Waals surface area (Å²) < 4.78 is 13.2. The third kappa shape index (κ3) is 3.21. The first kappa shape index (κ1) is 14.9. The third-order valence-corrected chi connectivity index (χ3v) is 3.18. The molecule has 1 fully saturated rings. The summed E-state index contributed by atoms with van der Waals surface area (Å²) >= 11 is 0. The Bertz CT molecular complexity index is 439. The minimum Gasteiger partial charge on any atom is -0.337 e. The largest absolute Gasteiger partial charge is 0.337 e. The Morgan fingerprint density at radius 1 is 1.50 bits per heavy atom. The molecule has 0 spiro atoms. The van der Waals surface area contributed by atoms with Gasteiger partial charge in [-0.1, -0.05) is 6.07 Å². The van der Waals surface area contributed by atoms with Gasteiger partial charge in [-0.25, -0.2) is 4.39 Å². The Hall–Kier alpha value is -1.13. The first-order valence-electron chi connectivity index (χ1n) is 5.89. The molecule has 0 aliphatic carbocycles. The first-order chi connectivity index (χ1) is 8.08. The fourth-order valence-electron chi connectivity index (χ4n) is 2.19. The van der Waals surface area contributed by atoms with Crippen LogP contribution in [0, 0.1) is 12.7 Å². The molecule has 1 aliphatic rings. The zero-order valence-corrected chi connectivity index (χ0v) is 11.2. The van der Waals surface area contributed by atoms with Crippen LogP contribution in [-0.4, -0.2) is 29.9 Å². The van der Waals surface area contributed by atoms with Gasteiger partial charge in [-0.05, 0) is 37.5 Å². The summed E-state index contributed by atoms with van der Waals surface area (Å²) in [6.45, 7) is 3.09. The van der Waals surface area contributed by atoms with Crippen LogP contribution >= 0.6 is 12.4 Å². The highest BCUT2D eigenvalue weighted by Crippen LogP contribution is 2.16. The molecule has 0 aromatic heterocycles. The first-order valence-corrected chi connectivity index (χ1v) is 5.89. The van der Waals surface area contributed by atoms with Gasteiger partial charge in [0.1, 0.15) is 5.82 Å². The number of rotatable bonds is 1. The molecule has 3 nitrogen and oxygen atoms in total. The normalized spacial score (nSPS) is 19.3. The fourth-order valence-corrected chi connectivity index (χ4v) is 2.19. The lowest BCUT2D eigenvalue weighted by molar-refractivity contribution is 0.0707. The van der Waals surface area contributed by atoms with Crippen LogP contribution in [0.1, 0.15) is 28.8 Å². The summed E-state index contributed by atoms with van der Waals surface area (Å²) in [6, 6.07) is 4.35. The Labute approximate surface area is 113 Å². The second-order valence-corrected chi connectivity index (χ2v) is 4.61. The van der Waals surface area contributed by atoms with E-state index in [1.165, 1.54) is 12.1 Å². The molecule has 0 saturated carbocycles. The van der Waals surface area contributed by atoms with E-state index >= 15 is 0 Å². The van der Waals surface area contributed by atoms with E-state index in [9.17, 15) is 9.18 Å². The van der Waals surface area contributed by atoms with Crippen LogP contribution in [0.15, 0.2) is 18.2 Å². The summed E-state index contributed by atoms with van der Waals surface area (Å²) in [5.41, 5.74) is 7.09. The van der Waals surface area contributed by atoms with Gasteiger partial charge in [-0.2, -0.15) is 0 Å². The lowest BCUT2D eigenvalue weighted by Crippen LogP contribution is -2.45. The van der Waals surface area contributed by atoms with Gasteiger partial charge in [0.2, 0.25) is 0 Å². The molecule has 5 heteroatoms. The Kier molecular flexibility index (Phi) is 5.11. The predicted octanol–water partition coefficient (Wildman–Crippen LogP) is 2.12. The summed E-state index contributed by atoms with van der Waals surface area (Å²) in [5, 5.41) is 0. The molecular weight excluding hydrogens is 255 g/mol. The maximum absolute atomic E-state index is 13.2. The molecular formula is C13H18ClFN2O. The molecule has 100 valence electrons. The van der Waals surface area contributed by atoms with Crippen molar-refractivity contribution in [3.63, 3.8) is 0 Å². The van der Waals surface area contributed by atoms with Gasteiger partial charge < -0.3 is 10.6 Å². The molecule has 18 heavy (non-hydrogen) atoms. The van der Waals surface area contributed by atoms with E-state index in [4.69, 9.17) is 5.73 Å². The summed E-state index contributed by atoms with van der Waals surface area (Å²) in [7, 11) is 0. The Morgan fingerprint density at radius 2 is 2.22 bits per heavy atom. The van der Waals surface area contributed by atoms with Crippen LogP contribution in [0.3, 0.4) is 0 Å². The van der Waals surface area contributed by atoms with Crippen LogP contribution in [-0.2, 0) is 0 Å². The second-order valence-electron chi connectivity index (χ2n) is 4.61. The van der Waals surface area contributed by atoms with Crippen molar-refractivity contribution in [1.82, 2.24) is 4.90 Å². The molecule has 0 radical (unpaired) electrons. The van der Waals surface area contributed by atoms with Gasteiger partial charge >= 0.3 is 0 Å². The molecule has 1 aromatic carbocycles. The standard InChI is InChI=1S/C13H17FN2O.ClH/c1-9-4-5-10(14)7-12(9)13(17)16-6-2-3-11(15)8-16;/h4-5,7,11H,2-3,6,8,15H2,1H3;1H. The average molecular weight is 273 g/mol. The molecule has 2 N–H and O–H groups in total. The summed E-state index contributed by atoms with van der Waals surface area (Å²) in [5.74, 6) is -0.489. The van der Waals surface area contributed by atoms with Gasteiger partial charge in [0.25, 0.3) is 5.91 Å². The third-order valence-electron chi connectivity index (χ3n) is 3.18. The van der Waals surface area contributed by atoms with Gasteiger partial charge in [0.05, 0.1) is 0 Å². The van der Waals surface area contributed by atoms with Crippen LogP contribution in [0.25, 0.3) is 0 Å². The topological polar surface area (TPSA) is 46.3 Å². The van der Waals surface area contributed by atoms with Gasteiger partial charge in [0.15, 0.2) is 0 Å². The number of halogens is 2. The van der Waals surface area contributed by atoms with E-state index < -0.39 is 0 Å². The number of carbonyl (C=O) groups excluding carboxylic acids is 1. The number of aryl methyl sites for hydroxylation is 1. The van der Waals surface area contributed by atoms with E-state index in [0.29, 0.717) is 18.7 Å². The van der Waals surface area contributed by atoms with Crippen molar-refractivity contribution in [3.8, 4) is 0 Å². The number of nitrogens with zero attached hydrogens (tertiary/aromatic N) is 1. The average Bonchev–Trinajstić information content (AvgIpc) is 2.31. The smallest absolute Gasteiger partial charge is 0.254 e. The van der Waals surface area contributed by atoms with Crippen LogP contribution < -0.4 is 5.73 Å². The molecule has 1 aromatic rings. The van der Waals surface area contributed by atoms with Gasteiger partial charge in [0, 0.05) is 24.7 Å². The van der Waals surface area contributed by atoms with Gasteiger partial charge in [-0.3, -0.25) is 4.79 Å². The number of hydrogen-bond donors (Lipinski definition) is 1. The highest BCUT2D eigenvalue weighted by atomic mass is 35.5.